The van der Waals surface area contributed by atoms with E-state index in [2.05, 4.69) is 79.4 Å². The van der Waals surface area contributed by atoms with Crippen molar-refractivity contribution in [2.75, 3.05) is 93.6 Å². The highest BCUT2D eigenvalue weighted by Crippen LogP contribution is 2.55. The zero-order valence-electron chi connectivity index (χ0n) is 43.0. The van der Waals surface area contributed by atoms with Gasteiger partial charge in [0, 0.05) is 100 Å². The number of benzene rings is 2. The maximum absolute atomic E-state index is 13.4. The third-order valence-electron chi connectivity index (χ3n) is 15.2. The first-order valence-electron chi connectivity index (χ1n) is 25.3. The quantitative estimate of drug-likeness (QED) is 0.0818. The molecule has 2 aromatic carbocycles. The van der Waals surface area contributed by atoms with E-state index < -0.39 is 0 Å². The molecular weight excluding hydrogens is 934 g/mol. The van der Waals surface area contributed by atoms with E-state index in [0.717, 1.165) is 90.2 Å². The summed E-state index contributed by atoms with van der Waals surface area (Å²) in [6, 6.07) is 12.3. The Kier molecular flexibility index (Phi) is 16.1. The summed E-state index contributed by atoms with van der Waals surface area (Å²) in [5.74, 6) is 2.48. The van der Waals surface area contributed by atoms with Crippen LogP contribution in [-0.2, 0) is 4.79 Å². The first-order valence-corrected chi connectivity index (χ1v) is 25.7. The van der Waals surface area contributed by atoms with Crippen molar-refractivity contribution in [2.45, 2.75) is 104 Å². The number of fused-ring (bicyclic) bond motifs is 1. The molecule has 4 aliphatic rings. The Balaban J connectivity index is 0.728. The molecule has 0 bridgehead atoms. The van der Waals surface area contributed by atoms with Gasteiger partial charge in [0.05, 0.1) is 35.1 Å². The summed E-state index contributed by atoms with van der Waals surface area (Å²) in [6.07, 6.45) is 11.5. The molecule has 2 aliphatic heterocycles. The molecule has 4 aromatic rings. The van der Waals surface area contributed by atoms with Crippen molar-refractivity contribution < 1.29 is 23.9 Å². The van der Waals surface area contributed by atoms with Crippen molar-refractivity contribution in [3.8, 4) is 17.6 Å². The SMILES string of the molecule is CC[C@@H]1C(=O)N(C)c2cnc(Nc3ccc(C(=O)NCCCN4CCN(CCCN(C)c5ncc(C(=O)NC6C(C)(C)C(Oc7ccc(C#N)c(Cl)c7)C6(C)C)cn5)CC4)cc3OC)nc2N1C1CCCC1. The van der Waals surface area contributed by atoms with Gasteiger partial charge in [-0.15, -0.1) is 0 Å². The van der Waals surface area contributed by atoms with Gasteiger partial charge in [-0.25, -0.2) is 15.0 Å². The summed E-state index contributed by atoms with van der Waals surface area (Å²) in [5.41, 5.74) is 1.85. The molecule has 18 nitrogen and oxygen atoms in total. The van der Waals surface area contributed by atoms with E-state index in [0.29, 0.717) is 69.4 Å². The summed E-state index contributed by atoms with van der Waals surface area (Å²) in [4.78, 5) is 69.4. The van der Waals surface area contributed by atoms with Gasteiger partial charge in [0.15, 0.2) is 5.82 Å². The van der Waals surface area contributed by atoms with E-state index in [1.165, 1.54) is 0 Å². The highest BCUT2D eigenvalue weighted by molar-refractivity contribution is 6.31. The fraction of sp³-hybridized carbons (Fsp3) is 0.547. The fourth-order valence-electron chi connectivity index (χ4n) is 11.4. The van der Waals surface area contributed by atoms with Crippen molar-refractivity contribution in [3.63, 3.8) is 0 Å². The van der Waals surface area contributed by atoms with Gasteiger partial charge in [-0.3, -0.25) is 14.4 Å². The molecule has 3 amide bonds. The summed E-state index contributed by atoms with van der Waals surface area (Å²) < 4.78 is 12.1. The van der Waals surface area contributed by atoms with E-state index in [-0.39, 0.29) is 52.8 Å². The number of hydrogen-bond donors (Lipinski definition) is 3. The van der Waals surface area contributed by atoms with Crippen LogP contribution in [0.4, 0.5) is 29.1 Å². The largest absolute Gasteiger partial charge is 0.495 e. The van der Waals surface area contributed by atoms with E-state index in [1.54, 1.807) is 68.0 Å². The molecule has 2 aliphatic carbocycles. The number of halogens is 1. The van der Waals surface area contributed by atoms with Crippen LogP contribution in [0.2, 0.25) is 5.02 Å². The summed E-state index contributed by atoms with van der Waals surface area (Å²) in [7, 11) is 5.33. The number of methoxy groups -OCH3 is 1. The number of nitriles is 1. The van der Waals surface area contributed by atoms with Crippen molar-refractivity contribution in [1.29, 1.82) is 5.26 Å². The lowest BCUT2D eigenvalue weighted by atomic mass is 9.49. The highest BCUT2D eigenvalue weighted by Gasteiger charge is 2.64. The van der Waals surface area contributed by atoms with Gasteiger partial charge in [0.25, 0.3) is 11.8 Å². The van der Waals surface area contributed by atoms with Gasteiger partial charge < -0.3 is 49.9 Å². The number of carbonyl (C=O) groups excluding carboxylic acids is 3. The second kappa shape index (κ2) is 22.2. The van der Waals surface area contributed by atoms with Crippen LogP contribution in [0.25, 0.3) is 0 Å². The second-order valence-electron chi connectivity index (χ2n) is 20.7. The molecule has 1 atom stereocenters. The molecule has 0 spiro atoms. The van der Waals surface area contributed by atoms with E-state index >= 15 is 0 Å². The molecule has 72 heavy (non-hydrogen) atoms. The number of amides is 3. The van der Waals surface area contributed by atoms with Gasteiger partial charge in [0.2, 0.25) is 17.8 Å². The average molecular weight is 1000 g/mol. The number of ether oxygens (including phenoxy) is 2. The molecule has 4 heterocycles. The van der Waals surface area contributed by atoms with Crippen LogP contribution >= 0.6 is 11.6 Å². The lowest BCUT2D eigenvalue weighted by Gasteiger charge is -2.63. The Morgan fingerprint density at radius 2 is 1.60 bits per heavy atom. The van der Waals surface area contributed by atoms with Crippen LogP contribution < -0.4 is 40.1 Å². The fourth-order valence-corrected chi connectivity index (χ4v) is 11.6. The third-order valence-corrected chi connectivity index (χ3v) is 15.5. The molecule has 3 N–H and O–H groups in total. The van der Waals surface area contributed by atoms with E-state index in [9.17, 15) is 19.6 Å². The molecule has 3 fully saturated rings. The molecular formula is C53H70ClN13O5. The predicted octanol–water partition coefficient (Wildman–Crippen LogP) is 6.92. The van der Waals surface area contributed by atoms with Gasteiger partial charge in [0.1, 0.15) is 35.4 Å². The first-order chi connectivity index (χ1) is 34.5. The number of carbonyl (C=O) groups is 3. The molecule has 0 unspecified atom stereocenters. The Labute approximate surface area is 428 Å². The number of nitrogens with one attached hydrogen (secondary N) is 3. The summed E-state index contributed by atoms with van der Waals surface area (Å²) in [5, 5.41) is 19.2. The minimum absolute atomic E-state index is 0.0709. The maximum atomic E-state index is 13.4. The topological polar surface area (TPSA) is 197 Å². The number of piperazine rings is 1. The van der Waals surface area contributed by atoms with Gasteiger partial charge in [-0.05, 0) is 75.5 Å². The molecule has 384 valence electrons. The zero-order valence-corrected chi connectivity index (χ0v) is 43.8. The number of hydrogen-bond acceptors (Lipinski definition) is 15. The van der Waals surface area contributed by atoms with Crippen molar-refractivity contribution >= 4 is 58.4 Å². The third kappa shape index (κ3) is 11.0. The van der Waals surface area contributed by atoms with Crippen molar-refractivity contribution in [3.05, 3.63) is 76.7 Å². The Bertz CT molecular complexity index is 2610. The monoisotopic (exact) mass is 1000 g/mol. The van der Waals surface area contributed by atoms with Gasteiger partial charge in [-0.1, -0.05) is 59.1 Å². The van der Waals surface area contributed by atoms with Crippen LogP contribution in [0, 0.1) is 22.2 Å². The Hall–Kier alpha value is -6.29. The van der Waals surface area contributed by atoms with Crippen LogP contribution in [-0.4, -0.2) is 145 Å². The lowest BCUT2D eigenvalue weighted by Crippen LogP contribution is -2.74. The number of nitrogens with zero attached hydrogens (tertiary/aromatic N) is 10. The number of aromatic nitrogens is 4. The molecule has 2 aromatic heterocycles. The van der Waals surface area contributed by atoms with Crippen molar-refractivity contribution in [2.24, 2.45) is 10.8 Å². The Morgan fingerprint density at radius 1 is 0.917 bits per heavy atom. The average Bonchev–Trinajstić information content (AvgIpc) is 3.92. The maximum Gasteiger partial charge on any atom is 0.254 e. The summed E-state index contributed by atoms with van der Waals surface area (Å²) >= 11 is 6.26. The minimum atomic E-state index is -0.389. The number of anilines is 5. The van der Waals surface area contributed by atoms with Crippen LogP contribution in [0.5, 0.6) is 11.5 Å². The number of rotatable bonds is 19. The van der Waals surface area contributed by atoms with E-state index in [4.69, 9.17) is 26.1 Å². The molecule has 2 saturated carbocycles. The molecule has 8 rings (SSSR count). The summed E-state index contributed by atoms with van der Waals surface area (Å²) in [6.45, 7) is 17.4. The second-order valence-corrected chi connectivity index (χ2v) is 21.2. The minimum Gasteiger partial charge on any atom is -0.495 e. The standard InChI is InChI=1S/C53H70ClN13O5/c1-9-41-47(70)64(7)42-33-57-50(61-44(42)67(41)37-14-10-11-15-37)60-40-19-17-34(28-43(40)71-8)45(68)56-20-12-22-65-24-26-66(27-25-65)23-13-21-63(6)51-58-31-36(32-59-51)46(69)62-48-52(2,3)49(53(48,4)5)72-38-18-16-35(30-55)39(54)29-38/h16-19,28-29,31-33,37,41,48-49H,9-15,20-27H2,1-8H3,(H,56,68)(H,62,69)(H,57,60,61)/t41-,48?,49?/m1/s1. The smallest absolute Gasteiger partial charge is 0.254 e. The van der Waals surface area contributed by atoms with Gasteiger partial charge >= 0.3 is 0 Å². The molecule has 19 heteroatoms. The predicted molar refractivity (Wildman–Crippen MR) is 280 cm³/mol. The lowest BCUT2D eigenvalue weighted by molar-refractivity contribution is -0.164. The Morgan fingerprint density at radius 3 is 2.24 bits per heavy atom. The zero-order chi connectivity index (χ0) is 51.3. The van der Waals surface area contributed by atoms with Crippen LogP contribution in [0.1, 0.15) is 106 Å². The molecule has 0 radical (unpaired) electrons. The highest BCUT2D eigenvalue weighted by atomic mass is 35.5. The number of likely N-dealkylation sites (N-methyl/N-ethyl adjacent to an activating group) is 1. The first kappa shape index (κ1) is 52.0. The van der Waals surface area contributed by atoms with E-state index in [1.807, 2.05) is 24.9 Å². The van der Waals surface area contributed by atoms with Crippen LogP contribution in [0.3, 0.4) is 0 Å². The van der Waals surface area contributed by atoms with Crippen LogP contribution in [0.15, 0.2) is 55.0 Å². The molecule has 1 saturated heterocycles. The normalized spacial score (nSPS) is 20.8. The van der Waals surface area contributed by atoms with Crippen molar-refractivity contribution in [1.82, 2.24) is 40.4 Å². The van der Waals surface area contributed by atoms with Gasteiger partial charge in [-0.2, -0.15) is 10.2 Å².